The minimum atomic E-state index is -0.386. The summed E-state index contributed by atoms with van der Waals surface area (Å²) in [6.07, 6.45) is 1.82. The minimum absolute atomic E-state index is 0.0930. The van der Waals surface area contributed by atoms with Crippen LogP contribution in [0.5, 0.6) is 5.75 Å². The van der Waals surface area contributed by atoms with Crippen LogP contribution in [0.15, 0.2) is 54.7 Å². The van der Waals surface area contributed by atoms with E-state index in [1.165, 1.54) is 12.1 Å². The predicted molar refractivity (Wildman–Crippen MR) is 101 cm³/mol. The number of rotatable bonds is 4. The first kappa shape index (κ1) is 16.1. The second kappa shape index (κ2) is 6.15. The molecule has 0 aliphatic heterocycles. The smallest absolute Gasteiger partial charge is 0.269 e. The molecule has 6 nitrogen and oxygen atoms in total. The van der Waals surface area contributed by atoms with Crippen LogP contribution in [-0.4, -0.2) is 21.6 Å². The van der Waals surface area contributed by atoms with E-state index in [1.807, 2.05) is 31.3 Å². The third-order valence-electron chi connectivity index (χ3n) is 4.65. The molecule has 130 valence electrons. The lowest BCUT2D eigenvalue weighted by atomic mass is 10.1. The molecule has 0 atom stereocenters. The highest BCUT2D eigenvalue weighted by Gasteiger charge is 2.14. The van der Waals surface area contributed by atoms with Crippen molar-refractivity contribution >= 4 is 27.5 Å². The van der Waals surface area contributed by atoms with Gasteiger partial charge in [0.05, 0.1) is 28.8 Å². The maximum atomic E-state index is 10.9. The molecular weight excluding hydrogens is 330 g/mol. The van der Waals surface area contributed by atoms with Gasteiger partial charge in [-0.1, -0.05) is 12.1 Å². The first-order valence-corrected chi connectivity index (χ1v) is 8.23. The summed E-state index contributed by atoms with van der Waals surface area (Å²) in [5.74, 6) is 0.788. The van der Waals surface area contributed by atoms with E-state index in [9.17, 15) is 10.1 Å². The topological polar surface area (TPSA) is 70.2 Å². The molecule has 4 aromatic rings. The Morgan fingerprint density at radius 2 is 1.88 bits per heavy atom. The van der Waals surface area contributed by atoms with Crippen molar-refractivity contribution in [2.45, 2.75) is 13.5 Å². The number of non-ortho nitro benzene ring substituents is 1. The highest BCUT2D eigenvalue weighted by atomic mass is 16.6. The van der Waals surface area contributed by atoms with Gasteiger partial charge in [-0.2, -0.15) is 0 Å². The molecule has 0 amide bonds. The molecule has 0 saturated heterocycles. The van der Waals surface area contributed by atoms with Crippen molar-refractivity contribution in [3.05, 3.63) is 76.1 Å². The van der Waals surface area contributed by atoms with E-state index in [4.69, 9.17) is 4.74 Å². The van der Waals surface area contributed by atoms with Gasteiger partial charge in [-0.15, -0.1) is 0 Å². The Balaban J connectivity index is 1.92. The highest BCUT2D eigenvalue weighted by Crippen LogP contribution is 2.33. The molecule has 26 heavy (non-hydrogen) atoms. The van der Waals surface area contributed by atoms with Crippen LogP contribution >= 0.6 is 0 Å². The van der Waals surface area contributed by atoms with E-state index in [2.05, 4.69) is 15.6 Å². The Morgan fingerprint density at radius 1 is 1.12 bits per heavy atom. The highest BCUT2D eigenvalue weighted by molar-refractivity contribution is 6.09. The molecule has 0 aliphatic carbocycles. The molecule has 0 aliphatic rings. The lowest BCUT2D eigenvalue weighted by Gasteiger charge is -2.09. The predicted octanol–water partition coefficient (Wildman–Crippen LogP) is 4.46. The number of pyridine rings is 1. The molecule has 6 heteroatoms. The van der Waals surface area contributed by atoms with Crippen LogP contribution in [-0.2, 0) is 6.54 Å². The van der Waals surface area contributed by atoms with Crippen LogP contribution in [0, 0.1) is 17.0 Å². The molecule has 0 spiro atoms. The number of nitrogens with zero attached hydrogens (tertiary/aromatic N) is 3. The third kappa shape index (κ3) is 2.56. The van der Waals surface area contributed by atoms with Crippen LogP contribution < -0.4 is 4.74 Å². The first-order valence-electron chi connectivity index (χ1n) is 8.23. The molecular formula is C20H17N3O3. The maximum Gasteiger partial charge on any atom is 0.269 e. The van der Waals surface area contributed by atoms with Crippen molar-refractivity contribution in [3.8, 4) is 5.75 Å². The number of fused-ring (bicyclic) bond motifs is 3. The average Bonchev–Trinajstić information content (AvgIpc) is 2.96. The molecule has 2 aromatic heterocycles. The van der Waals surface area contributed by atoms with E-state index in [0.29, 0.717) is 6.54 Å². The second-order valence-electron chi connectivity index (χ2n) is 6.19. The Kier molecular flexibility index (Phi) is 3.80. The van der Waals surface area contributed by atoms with E-state index < -0.39 is 0 Å². The lowest BCUT2D eigenvalue weighted by Crippen LogP contribution is -2.01. The Morgan fingerprint density at radius 3 is 2.58 bits per heavy atom. The zero-order valence-electron chi connectivity index (χ0n) is 14.5. The molecule has 0 fully saturated rings. The van der Waals surface area contributed by atoms with E-state index in [1.54, 1.807) is 19.2 Å². The van der Waals surface area contributed by atoms with Crippen LogP contribution in [0.2, 0.25) is 0 Å². The quantitative estimate of drug-likeness (QED) is 0.403. The summed E-state index contributed by atoms with van der Waals surface area (Å²) in [5, 5.41) is 13.1. The molecule has 2 heterocycles. The zero-order valence-corrected chi connectivity index (χ0v) is 14.5. The van der Waals surface area contributed by atoms with Gasteiger partial charge >= 0.3 is 0 Å². The van der Waals surface area contributed by atoms with E-state index in [0.717, 1.165) is 38.8 Å². The zero-order chi connectivity index (χ0) is 18.3. The molecule has 2 aromatic carbocycles. The van der Waals surface area contributed by atoms with Crippen LogP contribution in [0.4, 0.5) is 5.69 Å². The van der Waals surface area contributed by atoms with Crippen LogP contribution in [0.1, 0.15) is 11.3 Å². The van der Waals surface area contributed by atoms with Crippen molar-refractivity contribution in [1.82, 2.24) is 9.55 Å². The maximum absolute atomic E-state index is 10.9. The van der Waals surface area contributed by atoms with E-state index in [-0.39, 0.29) is 10.6 Å². The van der Waals surface area contributed by atoms with Crippen molar-refractivity contribution in [3.63, 3.8) is 0 Å². The lowest BCUT2D eigenvalue weighted by molar-refractivity contribution is -0.384. The van der Waals surface area contributed by atoms with Crippen molar-refractivity contribution in [1.29, 1.82) is 0 Å². The average molecular weight is 347 g/mol. The van der Waals surface area contributed by atoms with Gasteiger partial charge in [-0.25, -0.2) is 0 Å². The van der Waals surface area contributed by atoms with Crippen molar-refractivity contribution in [2.24, 2.45) is 0 Å². The summed E-state index contributed by atoms with van der Waals surface area (Å²) >= 11 is 0. The number of nitro groups is 1. The van der Waals surface area contributed by atoms with Crippen molar-refractivity contribution in [2.75, 3.05) is 7.11 Å². The number of hydrogen-bond donors (Lipinski definition) is 0. The fraction of sp³-hybridized carbons (Fsp3) is 0.150. The van der Waals surface area contributed by atoms with Crippen molar-refractivity contribution < 1.29 is 9.66 Å². The van der Waals surface area contributed by atoms with Gasteiger partial charge < -0.3 is 9.30 Å². The number of aromatic nitrogens is 2. The van der Waals surface area contributed by atoms with Gasteiger partial charge in [0.15, 0.2) is 0 Å². The first-order chi connectivity index (χ1) is 12.6. The van der Waals surface area contributed by atoms with Gasteiger partial charge in [0, 0.05) is 41.7 Å². The Labute approximate surface area is 149 Å². The normalized spacial score (nSPS) is 11.2. The monoisotopic (exact) mass is 347 g/mol. The van der Waals surface area contributed by atoms with E-state index >= 15 is 0 Å². The molecule has 0 bridgehead atoms. The van der Waals surface area contributed by atoms with Gasteiger partial charge in [0.25, 0.3) is 5.69 Å². The fourth-order valence-corrected chi connectivity index (χ4v) is 3.40. The molecule has 0 saturated carbocycles. The number of ether oxygens (including phenoxy) is 1. The van der Waals surface area contributed by atoms with Gasteiger partial charge in [-0.05, 0) is 30.7 Å². The summed E-state index contributed by atoms with van der Waals surface area (Å²) in [6, 6.07) is 14.7. The number of benzene rings is 2. The van der Waals surface area contributed by atoms with Gasteiger partial charge in [0.2, 0.25) is 0 Å². The fourth-order valence-electron chi connectivity index (χ4n) is 3.40. The second-order valence-corrected chi connectivity index (χ2v) is 6.19. The molecule has 0 radical (unpaired) electrons. The summed E-state index contributed by atoms with van der Waals surface area (Å²) in [6.45, 7) is 2.59. The molecule has 0 N–H and O–H groups in total. The molecule has 4 rings (SSSR count). The number of hydrogen-bond acceptors (Lipinski definition) is 4. The van der Waals surface area contributed by atoms with Crippen LogP contribution in [0.25, 0.3) is 21.8 Å². The third-order valence-corrected chi connectivity index (χ3v) is 4.65. The Hall–Kier alpha value is -3.41. The SMILES string of the molecule is COc1ccc2c3ccnc(C)c3n(Cc3ccc([N+](=O)[O-])cc3)c2c1. The summed E-state index contributed by atoms with van der Waals surface area (Å²) in [4.78, 5) is 14.9. The minimum Gasteiger partial charge on any atom is -0.497 e. The number of nitro benzene ring substituents is 1. The van der Waals surface area contributed by atoms with Crippen LogP contribution in [0.3, 0.4) is 0 Å². The Bertz CT molecular complexity index is 1130. The largest absolute Gasteiger partial charge is 0.497 e. The summed E-state index contributed by atoms with van der Waals surface area (Å²) < 4.78 is 7.58. The summed E-state index contributed by atoms with van der Waals surface area (Å²) in [7, 11) is 1.65. The standard InChI is InChI=1S/C20H17N3O3/c1-13-20-18(9-10-21-13)17-8-7-16(26-2)11-19(17)22(20)12-14-3-5-15(6-4-14)23(24)25/h3-11H,12H2,1-2H3. The van der Waals surface area contributed by atoms with Gasteiger partial charge in [-0.3, -0.25) is 15.1 Å². The summed E-state index contributed by atoms with van der Waals surface area (Å²) in [5.41, 5.74) is 4.14. The molecule has 0 unspecified atom stereocenters. The number of aryl methyl sites for hydroxylation is 1. The van der Waals surface area contributed by atoms with Gasteiger partial charge in [0.1, 0.15) is 5.75 Å². The number of methoxy groups -OCH3 is 1.